The van der Waals surface area contributed by atoms with Crippen LogP contribution in [-0.2, 0) is 7.05 Å². The molecule has 2 aromatic carbocycles. The molecule has 31 heavy (non-hydrogen) atoms. The van der Waals surface area contributed by atoms with Crippen LogP contribution in [0.4, 0.5) is 4.79 Å². The largest absolute Gasteiger partial charge is 0.497 e. The molecule has 0 saturated heterocycles. The number of hydrogen-bond acceptors (Lipinski definition) is 4. The molecular weight excluding hydrogens is 392 g/mol. The first-order valence-electron chi connectivity index (χ1n) is 10.4. The van der Waals surface area contributed by atoms with Crippen molar-refractivity contribution in [3.8, 4) is 11.5 Å². The zero-order valence-corrected chi connectivity index (χ0v) is 18.0. The molecule has 1 fully saturated rings. The number of ether oxygens (including phenoxy) is 2. The average Bonchev–Trinajstić information content (AvgIpc) is 3.56. The van der Waals surface area contributed by atoms with E-state index in [1.54, 1.807) is 20.4 Å². The van der Waals surface area contributed by atoms with E-state index >= 15 is 0 Å². The van der Waals surface area contributed by atoms with Crippen LogP contribution in [0.2, 0.25) is 0 Å². The van der Waals surface area contributed by atoms with Gasteiger partial charge in [0, 0.05) is 25.0 Å². The summed E-state index contributed by atoms with van der Waals surface area (Å²) in [7, 11) is 5.19. The maximum atomic E-state index is 13.1. The summed E-state index contributed by atoms with van der Waals surface area (Å²) >= 11 is 0. The van der Waals surface area contributed by atoms with E-state index < -0.39 is 6.04 Å². The molecule has 1 saturated carbocycles. The van der Waals surface area contributed by atoms with Gasteiger partial charge in [0.05, 0.1) is 20.3 Å². The summed E-state index contributed by atoms with van der Waals surface area (Å²) in [5, 5.41) is 6.30. The molecule has 0 bridgehead atoms. The highest BCUT2D eigenvalue weighted by Crippen LogP contribution is 2.41. The van der Waals surface area contributed by atoms with Crippen molar-refractivity contribution in [1.82, 2.24) is 20.2 Å². The minimum absolute atomic E-state index is 0.0504. The predicted octanol–water partition coefficient (Wildman–Crippen LogP) is 3.98. The number of carbonyl (C=O) groups excluding carboxylic acids is 1. The van der Waals surface area contributed by atoms with Crippen LogP contribution in [-0.4, -0.2) is 29.8 Å². The zero-order chi connectivity index (χ0) is 21.8. The zero-order valence-electron chi connectivity index (χ0n) is 18.0. The van der Waals surface area contributed by atoms with Gasteiger partial charge in [-0.15, -0.1) is 0 Å². The smallest absolute Gasteiger partial charge is 0.316 e. The first-order chi connectivity index (χ1) is 15.1. The molecule has 2 amide bonds. The van der Waals surface area contributed by atoms with Crippen molar-refractivity contribution in [2.75, 3.05) is 14.2 Å². The predicted molar refractivity (Wildman–Crippen MR) is 118 cm³/mol. The summed E-state index contributed by atoms with van der Waals surface area (Å²) in [4.78, 5) is 17.6. The van der Waals surface area contributed by atoms with Crippen molar-refractivity contribution >= 4 is 6.03 Å². The monoisotopic (exact) mass is 420 g/mol. The quantitative estimate of drug-likeness (QED) is 0.578. The van der Waals surface area contributed by atoms with Gasteiger partial charge in [-0.05, 0) is 42.5 Å². The van der Waals surface area contributed by atoms with E-state index in [9.17, 15) is 4.79 Å². The fourth-order valence-electron chi connectivity index (χ4n) is 3.87. The molecule has 2 unspecified atom stereocenters. The molecule has 2 N–H and O–H groups in total. The number of para-hydroxylation sites is 1. The van der Waals surface area contributed by atoms with Crippen molar-refractivity contribution in [2.45, 2.75) is 24.9 Å². The summed E-state index contributed by atoms with van der Waals surface area (Å²) in [5.41, 5.74) is 1.92. The fraction of sp³-hybridized carbons (Fsp3) is 0.333. The lowest BCUT2D eigenvalue weighted by Crippen LogP contribution is -2.41. The van der Waals surface area contributed by atoms with Gasteiger partial charge in [-0.2, -0.15) is 0 Å². The molecule has 0 aliphatic heterocycles. The summed E-state index contributed by atoms with van der Waals surface area (Å²) in [5.74, 6) is 2.67. The van der Waals surface area contributed by atoms with E-state index in [1.165, 1.54) is 0 Å². The van der Waals surface area contributed by atoms with Crippen LogP contribution in [0.25, 0.3) is 0 Å². The molecule has 7 heteroatoms. The molecule has 2 atom stereocenters. The molecule has 1 aromatic heterocycles. The third kappa shape index (κ3) is 4.66. The van der Waals surface area contributed by atoms with Crippen LogP contribution in [0.1, 0.15) is 41.9 Å². The van der Waals surface area contributed by atoms with Crippen molar-refractivity contribution in [3.63, 3.8) is 0 Å². The average molecular weight is 421 g/mol. The van der Waals surface area contributed by atoms with Crippen molar-refractivity contribution < 1.29 is 14.3 Å². The van der Waals surface area contributed by atoms with Crippen molar-refractivity contribution in [3.05, 3.63) is 77.9 Å². The lowest BCUT2D eigenvalue weighted by atomic mass is 10.0. The molecule has 3 aromatic rings. The minimum Gasteiger partial charge on any atom is -0.497 e. The number of aryl methyl sites for hydroxylation is 1. The van der Waals surface area contributed by atoms with Gasteiger partial charge in [0.1, 0.15) is 23.4 Å². The topological polar surface area (TPSA) is 77.4 Å². The van der Waals surface area contributed by atoms with Gasteiger partial charge in [0.15, 0.2) is 0 Å². The van der Waals surface area contributed by atoms with Crippen molar-refractivity contribution in [1.29, 1.82) is 0 Å². The second-order valence-electron chi connectivity index (χ2n) is 7.78. The number of carbonyl (C=O) groups is 1. The highest BCUT2D eigenvalue weighted by atomic mass is 16.5. The summed E-state index contributed by atoms with van der Waals surface area (Å²) in [6.45, 7) is 0. The second kappa shape index (κ2) is 9.12. The molecule has 1 heterocycles. The Morgan fingerprint density at radius 2 is 1.81 bits per heavy atom. The Bertz CT molecular complexity index is 1030. The number of methoxy groups -OCH3 is 2. The molecular formula is C24H28N4O3. The number of rotatable bonds is 8. The Morgan fingerprint density at radius 3 is 2.42 bits per heavy atom. The first-order valence-corrected chi connectivity index (χ1v) is 10.4. The maximum Gasteiger partial charge on any atom is 0.316 e. The minimum atomic E-state index is -0.452. The number of amides is 2. The number of hydrogen-bond donors (Lipinski definition) is 2. The number of nitrogens with zero attached hydrogens (tertiary/aromatic N) is 2. The Hall–Kier alpha value is -3.48. The first kappa shape index (κ1) is 20.8. The number of imidazole rings is 1. The highest BCUT2D eigenvalue weighted by Gasteiger charge is 2.34. The maximum absolute atomic E-state index is 13.1. The number of benzene rings is 2. The number of aromatic nitrogens is 2. The summed E-state index contributed by atoms with van der Waals surface area (Å²) in [6, 6.07) is 14.8. The van der Waals surface area contributed by atoms with Crippen LogP contribution in [0.3, 0.4) is 0 Å². The normalized spacial score (nSPS) is 15.1. The van der Waals surface area contributed by atoms with Crippen LogP contribution in [0.5, 0.6) is 11.5 Å². The highest BCUT2D eigenvalue weighted by molar-refractivity contribution is 5.75. The Labute approximate surface area is 182 Å². The molecule has 162 valence electrons. The van der Waals surface area contributed by atoms with E-state index in [0.717, 1.165) is 35.5 Å². The Morgan fingerprint density at radius 1 is 1.06 bits per heavy atom. The third-order valence-electron chi connectivity index (χ3n) is 5.70. The van der Waals surface area contributed by atoms with E-state index in [1.807, 2.05) is 66.3 Å². The van der Waals surface area contributed by atoms with Gasteiger partial charge < -0.3 is 24.7 Å². The molecule has 0 spiro atoms. The number of urea groups is 1. The summed E-state index contributed by atoms with van der Waals surface area (Å²) < 4.78 is 12.7. The van der Waals surface area contributed by atoms with Crippen LogP contribution < -0.4 is 20.1 Å². The van der Waals surface area contributed by atoms with Crippen molar-refractivity contribution in [2.24, 2.45) is 13.0 Å². The van der Waals surface area contributed by atoms with E-state index in [0.29, 0.717) is 11.7 Å². The van der Waals surface area contributed by atoms with Crippen LogP contribution in [0.15, 0.2) is 60.9 Å². The molecule has 1 aliphatic carbocycles. The van der Waals surface area contributed by atoms with E-state index in [-0.39, 0.29) is 12.1 Å². The lowest BCUT2D eigenvalue weighted by Gasteiger charge is -2.24. The van der Waals surface area contributed by atoms with Gasteiger partial charge in [-0.25, -0.2) is 9.78 Å². The van der Waals surface area contributed by atoms with E-state index in [2.05, 4.69) is 15.6 Å². The van der Waals surface area contributed by atoms with Gasteiger partial charge in [0.2, 0.25) is 0 Å². The van der Waals surface area contributed by atoms with Gasteiger partial charge in [-0.1, -0.05) is 30.3 Å². The standard InChI is InChI=1S/C24H28N4O3/c1-28-15-14-25-23(28)22(19-6-4-5-7-20(19)31-3)27-24(29)26-21(16-8-9-16)17-10-12-18(30-2)13-11-17/h4-7,10-16,21-22H,8-9H2,1-3H3,(H2,26,27,29). The molecule has 7 nitrogen and oxygen atoms in total. The Balaban J connectivity index is 1.57. The van der Waals surface area contributed by atoms with Crippen LogP contribution in [0, 0.1) is 5.92 Å². The lowest BCUT2D eigenvalue weighted by molar-refractivity contribution is 0.232. The molecule has 4 rings (SSSR count). The second-order valence-corrected chi connectivity index (χ2v) is 7.78. The summed E-state index contributed by atoms with van der Waals surface area (Å²) in [6.07, 6.45) is 5.79. The van der Waals surface area contributed by atoms with Gasteiger partial charge in [0.25, 0.3) is 0 Å². The van der Waals surface area contributed by atoms with Gasteiger partial charge >= 0.3 is 6.03 Å². The van der Waals surface area contributed by atoms with Crippen LogP contribution >= 0.6 is 0 Å². The molecule has 0 radical (unpaired) electrons. The fourth-order valence-corrected chi connectivity index (χ4v) is 3.87. The molecule has 1 aliphatic rings. The number of nitrogens with one attached hydrogen (secondary N) is 2. The van der Waals surface area contributed by atoms with Gasteiger partial charge in [-0.3, -0.25) is 0 Å². The Kier molecular flexibility index (Phi) is 6.11. The SMILES string of the molecule is COc1ccc(C(NC(=O)NC(c2ccccc2OC)c2nccn2C)C2CC2)cc1. The van der Waals surface area contributed by atoms with E-state index in [4.69, 9.17) is 9.47 Å². The third-order valence-corrected chi connectivity index (χ3v) is 5.70.